The van der Waals surface area contributed by atoms with Crippen molar-refractivity contribution in [2.45, 2.75) is 13.8 Å². The summed E-state index contributed by atoms with van der Waals surface area (Å²) in [5, 5.41) is 11.8. The molecule has 0 unspecified atom stereocenters. The lowest BCUT2D eigenvalue weighted by Crippen LogP contribution is -2.33. The molecule has 29 heavy (non-hydrogen) atoms. The van der Waals surface area contributed by atoms with E-state index in [1.165, 1.54) is 37.3 Å². The second-order valence-corrected chi connectivity index (χ2v) is 6.42. The van der Waals surface area contributed by atoms with E-state index in [4.69, 9.17) is 4.74 Å². The molecular weight excluding hydrogens is 378 g/mol. The number of benzene rings is 2. The van der Waals surface area contributed by atoms with Crippen molar-refractivity contribution in [1.29, 1.82) is 0 Å². The number of nitro groups is 1. The van der Waals surface area contributed by atoms with E-state index >= 15 is 0 Å². The summed E-state index contributed by atoms with van der Waals surface area (Å²) in [7, 11) is 0. The highest BCUT2D eigenvalue weighted by Gasteiger charge is 2.23. The lowest BCUT2D eigenvalue weighted by atomic mass is 10.1. The Morgan fingerprint density at radius 3 is 2.24 bits per heavy atom. The van der Waals surface area contributed by atoms with E-state index in [1.54, 1.807) is 19.1 Å². The molecule has 4 rings (SSSR count). The quantitative estimate of drug-likeness (QED) is 0.174. The van der Waals surface area contributed by atoms with Crippen LogP contribution in [-0.2, 0) is 4.74 Å². The van der Waals surface area contributed by atoms with E-state index in [0.717, 1.165) is 9.03 Å². The third-order valence-corrected chi connectivity index (χ3v) is 4.82. The van der Waals surface area contributed by atoms with Gasteiger partial charge in [0.25, 0.3) is 16.8 Å². The van der Waals surface area contributed by atoms with Gasteiger partial charge in [0.1, 0.15) is 0 Å². The van der Waals surface area contributed by atoms with Gasteiger partial charge in [-0.25, -0.2) is 13.8 Å². The molecule has 0 saturated heterocycles. The molecule has 2 heterocycles. The van der Waals surface area contributed by atoms with Crippen LogP contribution in [0, 0.1) is 17.0 Å². The SMILES string of the molecule is CCOC(=O)c1c(C)n2c(=O)c3ccccc3c(=O)n2c2ccc([N+](=O)[O-])cc12. The smallest absolute Gasteiger partial charge is 0.340 e. The van der Waals surface area contributed by atoms with E-state index in [0.29, 0.717) is 0 Å². The van der Waals surface area contributed by atoms with Gasteiger partial charge in [0.15, 0.2) is 0 Å². The van der Waals surface area contributed by atoms with Gasteiger partial charge in [-0.3, -0.25) is 19.7 Å². The number of aryl methyl sites for hydroxylation is 1. The van der Waals surface area contributed by atoms with Crippen LogP contribution in [0.25, 0.3) is 21.7 Å². The molecule has 0 atom stereocenters. The summed E-state index contributed by atoms with van der Waals surface area (Å²) in [6.07, 6.45) is 0. The number of rotatable bonds is 3. The Bertz CT molecular complexity index is 1470. The first-order valence-electron chi connectivity index (χ1n) is 8.81. The third kappa shape index (κ3) is 2.59. The van der Waals surface area contributed by atoms with Crippen molar-refractivity contribution in [3.63, 3.8) is 0 Å². The maximum Gasteiger partial charge on any atom is 0.340 e. The van der Waals surface area contributed by atoms with Crippen molar-refractivity contribution in [3.8, 4) is 0 Å². The van der Waals surface area contributed by atoms with Crippen LogP contribution in [-0.4, -0.2) is 26.5 Å². The number of hydrogen-bond acceptors (Lipinski definition) is 6. The lowest BCUT2D eigenvalue weighted by molar-refractivity contribution is -0.384. The Labute approximate surface area is 162 Å². The molecule has 0 N–H and O–H groups in total. The normalized spacial score (nSPS) is 11.2. The molecule has 4 aromatic rings. The van der Waals surface area contributed by atoms with Crippen molar-refractivity contribution in [1.82, 2.24) is 9.03 Å². The predicted octanol–water partition coefficient (Wildman–Crippen LogP) is 2.46. The van der Waals surface area contributed by atoms with Gasteiger partial charge in [0, 0.05) is 17.5 Å². The number of carbonyl (C=O) groups is 1. The minimum atomic E-state index is -0.731. The van der Waals surface area contributed by atoms with Crippen LogP contribution >= 0.6 is 0 Å². The van der Waals surface area contributed by atoms with Crippen LogP contribution in [0.3, 0.4) is 0 Å². The number of nitrogens with zero attached hydrogens (tertiary/aromatic N) is 3. The summed E-state index contributed by atoms with van der Waals surface area (Å²) in [4.78, 5) is 49.7. The number of carbonyl (C=O) groups excluding carboxylic acids is 1. The third-order valence-electron chi connectivity index (χ3n) is 4.82. The Kier molecular flexibility index (Phi) is 4.15. The zero-order chi connectivity index (χ0) is 20.9. The molecule has 2 aromatic carbocycles. The number of fused-ring (bicyclic) bond motifs is 4. The number of ether oxygens (including phenoxy) is 1. The molecule has 0 spiro atoms. The van der Waals surface area contributed by atoms with E-state index in [9.17, 15) is 24.5 Å². The Balaban J connectivity index is 2.35. The number of nitro benzene ring substituents is 1. The van der Waals surface area contributed by atoms with Gasteiger partial charge in [-0.15, -0.1) is 0 Å². The summed E-state index contributed by atoms with van der Waals surface area (Å²) in [6.45, 7) is 3.21. The number of hydrogen-bond donors (Lipinski definition) is 0. The fourth-order valence-corrected chi connectivity index (χ4v) is 3.57. The Hall–Kier alpha value is -4.01. The Morgan fingerprint density at radius 1 is 1.03 bits per heavy atom. The topological polar surface area (TPSA) is 112 Å². The van der Waals surface area contributed by atoms with Crippen molar-refractivity contribution in [2.75, 3.05) is 6.61 Å². The van der Waals surface area contributed by atoms with Gasteiger partial charge in [-0.1, -0.05) is 12.1 Å². The molecule has 0 radical (unpaired) electrons. The van der Waals surface area contributed by atoms with Crippen molar-refractivity contribution in [3.05, 3.63) is 84.5 Å². The van der Waals surface area contributed by atoms with Gasteiger partial charge in [0.05, 0.1) is 39.1 Å². The van der Waals surface area contributed by atoms with Gasteiger partial charge in [0.2, 0.25) is 0 Å². The summed E-state index contributed by atoms with van der Waals surface area (Å²) in [6, 6.07) is 10.2. The molecule has 0 aliphatic carbocycles. The monoisotopic (exact) mass is 393 g/mol. The van der Waals surface area contributed by atoms with Crippen molar-refractivity contribution >= 4 is 33.3 Å². The Morgan fingerprint density at radius 2 is 1.66 bits per heavy atom. The van der Waals surface area contributed by atoms with E-state index in [1.807, 2.05) is 0 Å². The summed E-state index contributed by atoms with van der Waals surface area (Å²) in [5.74, 6) is -0.731. The molecule has 0 saturated carbocycles. The first-order chi connectivity index (χ1) is 13.9. The van der Waals surface area contributed by atoms with E-state index in [2.05, 4.69) is 0 Å². The van der Waals surface area contributed by atoms with Crippen LogP contribution < -0.4 is 11.1 Å². The highest BCUT2D eigenvalue weighted by molar-refractivity contribution is 6.05. The summed E-state index contributed by atoms with van der Waals surface area (Å²) >= 11 is 0. The highest BCUT2D eigenvalue weighted by atomic mass is 16.6. The second-order valence-electron chi connectivity index (χ2n) is 6.42. The van der Waals surface area contributed by atoms with Gasteiger partial charge in [-0.2, -0.15) is 0 Å². The molecule has 0 aliphatic rings. The largest absolute Gasteiger partial charge is 0.462 e. The van der Waals surface area contributed by atoms with Crippen LogP contribution in [0.2, 0.25) is 0 Å². The molecule has 9 heteroatoms. The number of aromatic nitrogens is 2. The van der Waals surface area contributed by atoms with Crippen LogP contribution in [0.15, 0.2) is 52.1 Å². The fraction of sp³-hybridized carbons (Fsp3) is 0.150. The molecule has 9 nitrogen and oxygen atoms in total. The van der Waals surface area contributed by atoms with Crippen LogP contribution in [0.1, 0.15) is 23.0 Å². The molecule has 0 aliphatic heterocycles. The second kappa shape index (κ2) is 6.55. The van der Waals surface area contributed by atoms with Gasteiger partial charge < -0.3 is 4.74 Å². The molecule has 0 amide bonds. The maximum absolute atomic E-state index is 13.2. The van der Waals surface area contributed by atoms with Crippen LogP contribution in [0.5, 0.6) is 0 Å². The minimum absolute atomic E-state index is 0.00216. The number of non-ortho nitro benzene ring substituents is 1. The van der Waals surface area contributed by atoms with Crippen molar-refractivity contribution < 1.29 is 14.5 Å². The number of esters is 1. The zero-order valence-electron chi connectivity index (χ0n) is 15.5. The molecule has 0 fully saturated rings. The van der Waals surface area contributed by atoms with Crippen molar-refractivity contribution in [2.24, 2.45) is 0 Å². The first kappa shape index (κ1) is 18.4. The average Bonchev–Trinajstić information content (AvgIpc) is 2.71. The first-order valence-corrected chi connectivity index (χ1v) is 8.81. The average molecular weight is 393 g/mol. The summed E-state index contributed by atoms with van der Waals surface area (Å²) in [5.41, 5.74) is -0.854. The standard InChI is InChI=1S/C20H15N3O6/c1-3-29-20(26)17-11(2)21-18(24)13-6-4-5-7-14(13)19(25)22(21)16-9-8-12(23(27)28)10-15(16)17/h4-10H,3H2,1-2H3. The zero-order valence-corrected chi connectivity index (χ0v) is 15.5. The lowest BCUT2D eigenvalue weighted by Gasteiger charge is -2.16. The minimum Gasteiger partial charge on any atom is -0.462 e. The van der Waals surface area contributed by atoms with Gasteiger partial charge in [-0.05, 0) is 32.0 Å². The van der Waals surface area contributed by atoms with E-state index < -0.39 is 22.0 Å². The maximum atomic E-state index is 13.2. The molecular formula is C20H15N3O6. The van der Waals surface area contributed by atoms with Crippen LogP contribution in [0.4, 0.5) is 5.69 Å². The highest BCUT2D eigenvalue weighted by Crippen LogP contribution is 2.26. The molecule has 146 valence electrons. The predicted molar refractivity (Wildman–Crippen MR) is 106 cm³/mol. The molecule has 0 bridgehead atoms. The van der Waals surface area contributed by atoms with Gasteiger partial charge >= 0.3 is 5.97 Å². The van der Waals surface area contributed by atoms with E-state index in [-0.39, 0.29) is 45.2 Å². The summed E-state index contributed by atoms with van der Waals surface area (Å²) < 4.78 is 7.37. The molecule has 2 aromatic heterocycles. The fourth-order valence-electron chi connectivity index (χ4n) is 3.57.